The van der Waals surface area contributed by atoms with Gasteiger partial charge in [0.15, 0.2) is 17.4 Å². The van der Waals surface area contributed by atoms with Gasteiger partial charge in [0.2, 0.25) is 5.88 Å². The molecule has 2 aliphatic rings. The van der Waals surface area contributed by atoms with Crippen LogP contribution in [0.15, 0.2) is 24.3 Å². The number of terminal acetylenes is 1. The Morgan fingerprint density at radius 3 is 2.44 bits per heavy atom. The highest BCUT2D eigenvalue weighted by molar-refractivity contribution is 5.83. The predicted octanol–water partition coefficient (Wildman–Crippen LogP) is 3.46. The lowest BCUT2D eigenvalue weighted by molar-refractivity contribution is -0.143. The SMILES string of the molecule is C#Cc1nc2nc(C)c(OC(=O)C(C)(C)C)c-2c(O)n1-c1ccc(F)cc1. The molecule has 0 bridgehead atoms. The molecule has 1 N–H and O–H groups in total. The number of rotatable bonds is 2. The van der Waals surface area contributed by atoms with Crippen LogP contribution in [0.4, 0.5) is 4.39 Å². The minimum Gasteiger partial charge on any atom is -0.494 e. The minimum absolute atomic E-state index is 0.0813. The second kappa shape index (κ2) is 6.40. The third-order valence-electron chi connectivity index (χ3n) is 3.93. The van der Waals surface area contributed by atoms with Gasteiger partial charge in [-0.2, -0.15) is 0 Å². The molecule has 0 atom stereocenters. The Kier molecular flexibility index (Phi) is 4.36. The summed E-state index contributed by atoms with van der Waals surface area (Å²) in [5.41, 5.74) is 0.215. The molecule has 2 aliphatic heterocycles. The smallest absolute Gasteiger partial charge is 0.316 e. The molecule has 0 saturated carbocycles. The van der Waals surface area contributed by atoms with Crippen LogP contribution in [-0.4, -0.2) is 25.6 Å². The van der Waals surface area contributed by atoms with Crippen molar-refractivity contribution in [1.82, 2.24) is 14.5 Å². The van der Waals surface area contributed by atoms with Gasteiger partial charge >= 0.3 is 5.97 Å². The Labute approximate surface area is 156 Å². The highest BCUT2D eigenvalue weighted by Crippen LogP contribution is 2.42. The van der Waals surface area contributed by atoms with Crippen LogP contribution in [0.1, 0.15) is 32.3 Å². The number of hydrogen-bond donors (Lipinski definition) is 1. The lowest BCUT2D eigenvalue weighted by Gasteiger charge is -2.18. The molecule has 3 rings (SSSR count). The number of aryl methyl sites for hydroxylation is 1. The molecule has 27 heavy (non-hydrogen) atoms. The number of hydrogen-bond acceptors (Lipinski definition) is 5. The van der Waals surface area contributed by atoms with Crippen molar-refractivity contribution in [2.24, 2.45) is 5.41 Å². The van der Waals surface area contributed by atoms with Crippen LogP contribution in [0.5, 0.6) is 11.6 Å². The predicted molar refractivity (Wildman–Crippen MR) is 97.4 cm³/mol. The van der Waals surface area contributed by atoms with Crippen LogP contribution in [0.2, 0.25) is 0 Å². The van der Waals surface area contributed by atoms with E-state index in [2.05, 4.69) is 15.9 Å². The minimum atomic E-state index is -0.745. The molecule has 6 nitrogen and oxygen atoms in total. The first-order chi connectivity index (χ1) is 12.6. The fourth-order valence-corrected chi connectivity index (χ4v) is 2.50. The molecule has 0 aromatic heterocycles. The Hall–Kier alpha value is -3.40. The standard InChI is InChI=1S/C20H18FN3O3/c1-6-14-23-17-15(16(11(2)22-17)27-19(26)20(3,4)5)18(25)24(14)13-9-7-12(21)8-10-13/h1,7-10,25H,2-5H3. The fraction of sp³-hybridized carbons (Fsp3) is 0.250. The third kappa shape index (κ3) is 3.22. The van der Waals surface area contributed by atoms with E-state index in [-0.39, 0.29) is 28.8 Å². The van der Waals surface area contributed by atoms with Crippen molar-refractivity contribution in [2.75, 3.05) is 0 Å². The summed E-state index contributed by atoms with van der Waals surface area (Å²) < 4.78 is 20.0. The molecular formula is C20H18FN3O3. The molecule has 0 amide bonds. The summed E-state index contributed by atoms with van der Waals surface area (Å²) >= 11 is 0. The van der Waals surface area contributed by atoms with Gasteiger partial charge in [0.05, 0.1) is 16.8 Å². The molecule has 0 radical (unpaired) electrons. The largest absolute Gasteiger partial charge is 0.494 e. The van der Waals surface area contributed by atoms with Gasteiger partial charge in [-0.1, -0.05) is 0 Å². The monoisotopic (exact) mass is 367 g/mol. The number of aromatic nitrogens is 3. The number of carbonyl (C=O) groups is 1. The van der Waals surface area contributed by atoms with Gasteiger partial charge in [-0.15, -0.1) is 6.42 Å². The van der Waals surface area contributed by atoms with Crippen molar-refractivity contribution in [3.8, 4) is 41.0 Å². The van der Waals surface area contributed by atoms with Gasteiger partial charge < -0.3 is 9.84 Å². The van der Waals surface area contributed by atoms with Crippen molar-refractivity contribution in [3.63, 3.8) is 0 Å². The Morgan fingerprint density at radius 2 is 1.89 bits per heavy atom. The van der Waals surface area contributed by atoms with E-state index in [4.69, 9.17) is 11.2 Å². The topological polar surface area (TPSA) is 77.2 Å². The van der Waals surface area contributed by atoms with Crippen molar-refractivity contribution < 1.29 is 19.0 Å². The summed E-state index contributed by atoms with van der Waals surface area (Å²) in [7, 11) is 0. The van der Waals surface area contributed by atoms with Crippen LogP contribution in [0.25, 0.3) is 17.1 Å². The number of halogens is 1. The van der Waals surface area contributed by atoms with Gasteiger partial charge in [0.1, 0.15) is 11.4 Å². The number of ether oxygens (including phenoxy) is 1. The normalized spacial score (nSPS) is 11.4. The van der Waals surface area contributed by atoms with E-state index in [1.807, 2.05) is 0 Å². The van der Waals surface area contributed by atoms with E-state index in [0.29, 0.717) is 11.4 Å². The summed E-state index contributed by atoms with van der Waals surface area (Å²) in [6, 6.07) is 5.38. The van der Waals surface area contributed by atoms with Crippen LogP contribution < -0.4 is 4.74 Å². The van der Waals surface area contributed by atoms with E-state index in [1.54, 1.807) is 27.7 Å². The van der Waals surface area contributed by atoms with E-state index in [0.717, 1.165) is 0 Å². The van der Waals surface area contributed by atoms with Gasteiger partial charge in [-0.25, -0.2) is 14.4 Å². The second-order valence-electron chi connectivity index (χ2n) is 7.08. The molecule has 0 spiro atoms. The highest BCUT2D eigenvalue weighted by atomic mass is 19.1. The fourth-order valence-electron chi connectivity index (χ4n) is 2.50. The van der Waals surface area contributed by atoms with Gasteiger partial charge in [0, 0.05) is 0 Å². The summed E-state index contributed by atoms with van der Waals surface area (Å²) in [6.45, 7) is 6.80. The second-order valence-corrected chi connectivity index (χ2v) is 7.08. The molecule has 138 valence electrons. The number of aromatic hydroxyl groups is 1. The zero-order valence-electron chi connectivity index (χ0n) is 15.4. The summed E-state index contributed by atoms with van der Waals surface area (Å²) in [4.78, 5) is 20.8. The average Bonchev–Trinajstić information content (AvgIpc) is 2.90. The Bertz CT molecular complexity index is 1040. The molecular weight excluding hydrogens is 349 g/mol. The Balaban J connectivity index is 2.26. The van der Waals surface area contributed by atoms with E-state index < -0.39 is 17.2 Å². The number of esters is 1. The quantitative estimate of drug-likeness (QED) is 0.554. The lowest BCUT2D eigenvalue weighted by Crippen LogP contribution is -2.25. The maximum absolute atomic E-state index is 13.3. The number of nitrogens with zero attached hydrogens (tertiary/aromatic N) is 3. The number of fused-ring (bicyclic) bond motifs is 1. The summed E-state index contributed by atoms with van der Waals surface area (Å²) in [6.07, 6.45) is 5.53. The van der Waals surface area contributed by atoms with Crippen LogP contribution >= 0.6 is 0 Å². The van der Waals surface area contributed by atoms with Gasteiger partial charge in [0.25, 0.3) is 0 Å². The third-order valence-corrected chi connectivity index (χ3v) is 3.93. The van der Waals surface area contributed by atoms with Crippen molar-refractivity contribution in [3.05, 3.63) is 41.6 Å². The van der Waals surface area contributed by atoms with Crippen molar-refractivity contribution >= 4 is 5.97 Å². The average molecular weight is 367 g/mol. The molecule has 7 heteroatoms. The van der Waals surface area contributed by atoms with Crippen LogP contribution in [-0.2, 0) is 4.79 Å². The summed E-state index contributed by atoms with van der Waals surface area (Å²) in [5.74, 6) is 1.54. The van der Waals surface area contributed by atoms with Crippen LogP contribution in [0, 0.1) is 30.5 Å². The van der Waals surface area contributed by atoms with E-state index in [9.17, 15) is 14.3 Å². The zero-order valence-corrected chi connectivity index (χ0v) is 15.4. The van der Waals surface area contributed by atoms with Gasteiger partial charge in [-0.3, -0.25) is 9.36 Å². The first-order valence-electron chi connectivity index (χ1n) is 8.20. The van der Waals surface area contributed by atoms with Crippen molar-refractivity contribution in [1.29, 1.82) is 0 Å². The lowest BCUT2D eigenvalue weighted by atomic mass is 9.97. The molecule has 1 aromatic rings. The summed E-state index contributed by atoms with van der Waals surface area (Å²) in [5, 5.41) is 10.9. The molecule has 1 aromatic carbocycles. The molecule has 0 saturated heterocycles. The Morgan fingerprint density at radius 1 is 1.26 bits per heavy atom. The molecule has 0 aliphatic carbocycles. The van der Waals surface area contributed by atoms with Gasteiger partial charge in [-0.05, 0) is 57.9 Å². The maximum atomic E-state index is 13.3. The molecule has 2 heterocycles. The zero-order chi connectivity index (χ0) is 19.9. The maximum Gasteiger partial charge on any atom is 0.316 e. The molecule has 0 unspecified atom stereocenters. The number of benzene rings is 1. The van der Waals surface area contributed by atoms with Crippen molar-refractivity contribution in [2.45, 2.75) is 27.7 Å². The molecule has 0 fully saturated rings. The highest BCUT2D eigenvalue weighted by Gasteiger charge is 2.31. The van der Waals surface area contributed by atoms with E-state index in [1.165, 1.54) is 28.8 Å². The first-order valence-corrected chi connectivity index (χ1v) is 8.20. The van der Waals surface area contributed by atoms with Crippen LogP contribution in [0.3, 0.4) is 0 Å². The van der Waals surface area contributed by atoms with E-state index >= 15 is 0 Å². The number of carbonyl (C=O) groups excluding carboxylic acids is 1. The first kappa shape index (κ1) is 18.4.